The van der Waals surface area contributed by atoms with Crippen LogP contribution >= 0.6 is 0 Å². The number of allylic oxidation sites excluding steroid dienone is 1. The zero-order chi connectivity index (χ0) is 14.5. The first-order valence-corrected chi connectivity index (χ1v) is 6.66. The molecule has 1 amide bonds. The molecule has 1 aliphatic carbocycles. The molecule has 0 unspecified atom stereocenters. The van der Waals surface area contributed by atoms with Gasteiger partial charge in [-0.15, -0.1) is 0 Å². The number of esters is 1. The van der Waals surface area contributed by atoms with Gasteiger partial charge in [-0.25, -0.2) is 4.79 Å². The van der Waals surface area contributed by atoms with Gasteiger partial charge in [0, 0.05) is 0 Å². The number of carbonyl (C=O) groups is 2. The van der Waals surface area contributed by atoms with Gasteiger partial charge in [-0.2, -0.15) is 0 Å². The fourth-order valence-corrected chi connectivity index (χ4v) is 1.94. The Morgan fingerprint density at radius 2 is 2.05 bits per heavy atom. The maximum Gasteiger partial charge on any atom is 0.408 e. The minimum Gasteiger partial charge on any atom is -0.466 e. The highest BCUT2D eigenvalue weighted by Gasteiger charge is 2.31. The first kappa shape index (κ1) is 15.5. The Bertz CT molecular complexity index is 357. The molecule has 1 rings (SSSR count). The SMILES string of the molecule is CCOC(=O)[C@H]1CCC=C[C@@H]1NC(=O)OC(C)(C)C. The van der Waals surface area contributed by atoms with Crippen molar-refractivity contribution in [2.45, 2.75) is 52.2 Å². The van der Waals surface area contributed by atoms with Gasteiger partial charge in [0.05, 0.1) is 18.6 Å². The molecule has 0 aromatic rings. The molecule has 1 aliphatic rings. The molecule has 0 fully saturated rings. The maximum atomic E-state index is 11.8. The number of hydrogen-bond donors (Lipinski definition) is 1. The van der Waals surface area contributed by atoms with Gasteiger partial charge in [-0.05, 0) is 40.5 Å². The minimum absolute atomic E-state index is 0.270. The third kappa shape index (κ3) is 5.32. The number of carbonyl (C=O) groups excluding carboxylic acids is 2. The molecule has 0 saturated heterocycles. The molecule has 108 valence electrons. The van der Waals surface area contributed by atoms with Crippen LogP contribution in [-0.2, 0) is 14.3 Å². The van der Waals surface area contributed by atoms with E-state index in [9.17, 15) is 9.59 Å². The lowest BCUT2D eigenvalue weighted by molar-refractivity contribution is -0.148. The van der Waals surface area contributed by atoms with Crippen LogP contribution in [0.25, 0.3) is 0 Å². The van der Waals surface area contributed by atoms with Gasteiger partial charge in [0.15, 0.2) is 0 Å². The third-order valence-electron chi connectivity index (χ3n) is 2.69. The average Bonchev–Trinajstić information content (AvgIpc) is 2.27. The standard InChI is InChI=1S/C14H23NO4/c1-5-18-12(16)10-8-6-7-9-11(10)15-13(17)19-14(2,3)4/h7,9-11H,5-6,8H2,1-4H3,(H,15,17)/t10-,11-/m0/s1. The summed E-state index contributed by atoms with van der Waals surface area (Å²) in [5.74, 6) is -0.606. The monoisotopic (exact) mass is 269 g/mol. The Kier molecular flexibility index (Phi) is 5.39. The van der Waals surface area contributed by atoms with Crippen molar-refractivity contribution in [3.63, 3.8) is 0 Å². The highest BCUT2D eigenvalue weighted by atomic mass is 16.6. The lowest BCUT2D eigenvalue weighted by Crippen LogP contribution is -2.45. The molecule has 0 bridgehead atoms. The van der Waals surface area contributed by atoms with Crippen molar-refractivity contribution in [3.8, 4) is 0 Å². The van der Waals surface area contributed by atoms with Gasteiger partial charge in [-0.1, -0.05) is 12.2 Å². The second kappa shape index (κ2) is 6.59. The fraction of sp³-hybridized carbons (Fsp3) is 0.714. The van der Waals surface area contributed by atoms with Crippen molar-refractivity contribution < 1.29 is 19.1 Å². The fourth-order valence-electron chi connectivity index (χ4n) is 1.94. The van der Waals surface area contributed by atoms with Crippen molar-refractivity contribution in [2.75, 3.05) is 6.61 Å². The van der Waals surface area contributed by atoms with Crippen LogP contribution in [0.5, 0.6) is 0 Å². The Labute approximate surface area is 114 Å². The molecule has 1 N–H and O–H groups in total. The van der Waals surface area contributed by atoms with E-state index >= 15 is 0 Å². The van der Waals surface area contributed by atoms with Gasteiger partial charge in [0.1, 0.15) is 5.60 Å². The van der Waals surface area contributed by atoms with Gasteiger partial charge in [-0.3, -0.25) is 4.79 Å². The highest BCUT2D eigenvalue weighted by Crippen LogP contribution is 2.21. The predicted octanol–water partition coefficient (Wildman–Crippen LogP) is 2.41. The molecule has 5 heteroatoms. The highest BCUT2D eigenvalue weighted by molar-refractivity contribution is 5.76. The average molecular weight is 269 g/mol. The van der Waals surface area contributed by atoms with Crippen molar-refractivity contribution in [1.29, 1.82) is 0 Å². The summed E-state index contributed by atoms with van der Waals surface area (Å²) in [6.07, 6.45) is 4.76. The van der Waals surface area contributed by atoms with Crippen LogP contribution in [0.15, 0.2) is 12.2 Å². The molecule has 0 spiro atoms. The van der Waals surface area contributed by atoms with E-state index in [4.69, 9.17) is 9.47 Å². The van der Waals surface area contributed by atoms with Crippen LogP contribution in [-0.4, -0.2) is 30.3 Å². The van der Waals surface area contributed by atoms with Crippen molar-refractivity contribution in [1.82, 2.24) is 5.32 Å². The Balaban J connectivity index is 2.62. The quantitative estimate of drug-likeness (QED) is 0.631. The molecule has 0 saturated carbocycles. The lowest BCUT2D eigenvalue weighted by Gasteiger charge is -2.28. The summed E-state index contributed by atoms with van der Waals surface area (Å²) in [5, 5.41) is 2.72. The summed E-state index contributed by atoms with van der Waals surface area (Å²) in [6, 6.07) is -0.359. The molecule has 0 heterocycles. The van der Waals surface area contributed by atoms with Crippen molar-refractivity contribution in [3.05, 3.63) is 12.2 Å². The van der Waals surface area contributed by atoms with E-state index in [0.717, 1.165) is 6.42 Å². The van der Waals surface area contributed by atoms with Gasteiger partial charge < -0.3 is 14.8 Å². The lowest BCUT2D eigenvalue weighted by atomic mass is 9.89. The van der Waals surface area contributed by atoms with E-state index in [-0.39, 0.29) is 17.9 Å². The van der Waals surface area contributed by atoms with Crippen LogP contribution in [0.2, 0.25) is 0 Å². The molecule has 19 heavy (non-hydrogen) atoms. The van der Waals surface area contributed by atoms with E-state index in [2.05, 4.69) is 5.32 Å². The summed E-state index contributed by atoms with van der Waals surface area (Å²) >= 11 is 0. The second-order valence-electron chi connectivity index (χ2n) is 5.54. The molecule has 0 aliphatic heterocycles. The molecule has 0 radical (unpaired) electrons. The predicted molar refractivity (Wildman–Crippen MR) is 71.7 cm³/mol. The summed E-state index contributed by atoms with van der Waals surface area (Å²) in [6.45, 7) is 7.51. The first-order valence-electron chi connectivity index (χ1n) is 6.66. The van der Waals surface area contributed by atoms with Crippen LogP contribution < -0.4 is 5.32 Å². The molecule has 0 aromatic heterocycles. The third-order valence-corrected chi connectivity index (χ3v) is 2.69. The zero-order valence-electron chi connectivity index (χ0n) is 12.1. The molecular weight excluding hydrogens is 246 g/mol. The smallest absolute Gasteiger partial charge is 0.408 e. The van der Waals surface area contributed by atoms with Crippen molar-refractivity contribution in [2.24, 2.45) is 5.92 Å². The van der Waals surface area contributed by atoms with Crippen LogP contribution in [0, 0.1) is 5.92 Å². The van der Waals surface area contributed by atoms with Crippen molar-refractivity contribution >= 4 is 12.1 Å². The molecular formula is C14H23NO4. The number of nitrogens with one attached hydrogen (secondary N) is 1. The normalized spacial score (nSPS) is 22.7. The van der Waals surface area contributed by atoms with Crippen LogP contribution in [0.3, 0.4) is 0 Å². The Morgan fingerprint density at radius 1 is 1.37 bits per heavy atom. The van der Waals surface area contributed by atoms with E-state index < -0.39 is 11.7 Å². The maximum absolute atomic E-state index is 11.8. The number of rotatable bonds is 3. The topological polar surface area (TPSA) is 64.6 Å². The van der Waals surface area contributed by atoms with E-state index in [1.54, 1.807) is 27.7 Å². The number of hydrogen-bond acceptors (Lipinski definition) is 4. The summed E-state index contributed by atoms with van der Waals surface area (Å²) < 4.78 is 10.2. The number of ether oxygens (including phenoxy) is 2. The number of amides is 1. The summed E-state index contributed by atoms with van der Waals surface area (Å²) in [4.78, 5) is 23.6. The molecule has 0 aromatic carbocycles. The Hall–Kier alpha value is -1.52. The van der Waals surface area contributed by atoms with Crippen LogP contribution in [0.1, 0.15) is 40.5 Å². The van der Waals surface area contributed by atoms with E-state index in [1.165, 1.54) is 0 Å². The second-order valence-corrected chi connectivity index (χ2v) is 5.54. The Morgan fingerprint density at radius 3 is 2.63 bits per heavy atom. The molecule has 2 atom stereocenters. The van der Waals surface area contributed by atoms with E-state index in [1.807, 2.05) is 12.2 Å². The van der Waals surface area contributed by atoms with Gasteiger partial charge in [0.25, 0.3) is 0 Å². The minimum atomic E-state index is -0.554. The van der Waals surface area contributed by atoms with Gasteiger partial charge in [0.2, 0.25) is 0 Å². The largest absolute Gasteiger partial charge is 0.466 e. The zero-order valence-corrected chi connectivity index (χ0v) is 12.1. The van der Waals surface area contributed by atoms with Crippen LogP contribution in [0.4, 0.5) is 4.79 Å². The van der Waals surface area contributed by atoms with E-state index in [0.29, 0.717) is 13.0 Å². The molecule has 5 nitrogen and oxygen atoms in total. The summed E-state index contributed by atoms with van der Waals surface area (Å²) in [5.41, 5.74) is -0.554. The summed E-state index contributed by atoms with van der Waals surface area (Å²) in [7, 11) is 0. The first-order chi connectivity index (χ1) is 8.83. The number of alkyl carbamates (subject to hydrolysis) is 1. The van der Waals surface area contributed by atoms with Gasteiger partial charge >= 0.3 is 12.1 Å².